The minimum Gasteiger partial charge on any atom is -0.313 e. The van der Waals surface area contributed by atoms with Crippen LogP contribution in [-0.4, -0.2) is 33.0 Å². The molecule has 0 heterocycles. The molecular weight excluding hydrogens is 174 g/mol. The van der Waals surface area contributed by atoms with E-state index in [9.17, 15) is 8.42 Å². The van der Waals surface area contributed by atoms with Crippen molar-refractivity contribution < 1.29 is 8.42 Å². The maximum atomic E-state index is 10.8. The fourth-order valence-electron chi connectivity index (χ4n) is 0.945. The monoisotopic (exact) mass is 191 g/mol. The van der Waals surface area contributed by atoms with Crippen molar-refractivity contribution in [2.45, 2.75) is 19.4 Å². The maximum Gasteiger partial charge on any atom is 0.148 e. The van der Waals surface area contributed by atoms with Crippen LogP contribution >= 0.6 is 0 Å². The van der Waals surface area contributed by atoms with Crippen molar-refractivity contribution in [2.75, 3.05) is 18.6 Å². The minimum atomic E-state index is -2.85. The fourth-order valence-corrected chi connectivity index (χ4v) is 1.97. The van der Waals surface area contributed by atoms with Gasteiger partial charge in [-0.2, -0.15) is 0 Å². The van der Waals surface area contributed by atoms with Gasteiger partial charge in [-0.3, -0.25) is 0 Å². The van der Waals surface area contributed by atoms with E-state index < -0.39 is 9.84 Å². The van der Waals surface area contributed by atoms with E-state index in [1.54, 1.807) is 6.08 Å². The van der Waals surface area contributed by atoms with Crippen LogP contribution in [0.2, 0.25) is 0 Å². The Labute approximate surface area is 74.8 Å². The van der Waals surface area contributed by atoms with E-state index in [4.69, 9.17) is 0 Å². The molecule has 0 amide bonds. The summed E-state index contributed by atoms with van der Waals surface area (Å²) in [5.74, 6) is 0.199. The van der Waals surface area contributed by atoms with Crippen LogP contribution in [0.1, 0.15) is 13.3 Å². The van der Waals surface area contributed by atoms with Crippen LogP contribution in [0, 0.1) is 0 Å². The highest BCUT2D eigenvalue weighted by atomic mass is 32.2. The second kappa shape index (κ2) is 5.32. The number of sulfone groups is 1. The number of hydrogen-bond donors (Lipinski definition) is 1. The molecular formula is C8H17NO2S. The Bertz CT molecular complexity index is 221. The summed E-state index contributed by atoms with van der Waals surface area (Å²) in [6.07, 6.45) is 3.92. The van der Waals surface area contributed by atoms with Crippen LogP contribution in [0.5, 0.6) is 0 Å². The molecule has 12 heavy (non-hydrogen) atoms. The molecule has 0 radical (unpaired) electrons. The first-order chi connectivity index (χ1) is 5.45. The van der Waals surface area contributed by atoms with Crippen LogP contribution in [0.15, 0.2) is 12.7 Å². The molecule has 1 N–H and O–H groups in total. The summed E-state index contributed by atoms with van der Waals surface area (Å²) in [6, 6.07) is 0.0277. The predicted octanol–water partition coefficient (Wildman–Crippen LogP) is 0.585. The summed E-state index contributed by atoms with van der Waals surface area (Å²) in [5, 5.41) is 3.09. The zero-order valence-corrected chi connectivity index (χ0v) is 8.52. The van der Waals surface area contributed by atoms with Gasteiger partial charge in [-0.05, 0) is 19.9 Å². The zero-order chi connectivity index (χ0) is 9.61. The molecule has 0 saturated carbocycles. The first kappa shape index (κ1) is 11.6. The van der Waals surface area contributed by atoms with Crippen molar-refractivity contribution in [1.82, 2.24) is 5.32 Å². The Balaban J connectivity index is 3.60. The Morgan fingerprint density at radius 1 is 1.58 bits per heavy atom. The van der Waals surface area contributed by atoms with Gasteiger partial charge in [-0.25, -0.2) is 8.42 Å². The van der Waals surface area contributed by atoms with Gasteiger partial charge in [0.15, 0.2) is 0 Å². The van der Waals surface area contributed by atoms with Gasteiger partial charge in [0.2, 0.25) is 0 Å². The standard InChI is InChI=1S/C8H17NO2S/c1-4-5-6-9-8(2)7-12(3,10)11/h4,8-9H,1,5-7H2,2-3H3. The van der Waals surface area contributed by atoms with Crippen LogP contribution in [-0.2, 0) is 9.84 Å². The molecule has 0 aliphatic rings. The lowest BCUT2D eigenvalue weighted by atomic mass is 10.3. The molecule has 0 aliphatic heterocycles. The molecule has 4 heteroatoms. The van der Waals surface area contributed by atoms with Gasteiger partial charge in [0, 0.05) is 12.3 Å². The number of nitrogens with one attached hydrogen (secondary N) is 1. The number of rotatable bonds is 6. The Hall–Kier alpha value is -0.350. The molecule has 1 atom stereocenters. The topological polar surface area (TPSA) is 46.2 Å². The predicted molar refractivity (Wildman–Crippen MR) is 52.0 cm³/mol. The van der Waals surface area contributed by atoms with E-state index in [2.05, 4.69) is 11.9 Å². The van der Waals surface area contributed by atoms with E-state index in [1.165, 1.54) is 6.26 Å². The molecule has 3 nitrogen and oxygen atoms in total. The van der Waals surface area contributed by atoms with E-state index in [0.717, 1.165) is 13.0 Å². The Morgan fingerprint density at radius 2 is 2.17 bits per heavy atom. The maximum absolute atomic E-state index is 10.8. The average Bonchev–Trinajstić information content (AvgIpc) is 1.84. The van der Waals surface area contributed by atoms with Crippen molar-refractivity contribution in [2.24, 2.45) is 0 Å². The molecule has 1 unspecified atom stereocenters. The minimum absolute atomic E-state index is 0.0277. The summed E-state index contributed by atoms with van der Waals surface area (Å²) in [6.45, 7) is 6.23. The van der Waals surface area contributed by atoms with E-state index in [1.807, 2.05) is 6.92 Å². The number of hydrogen-bond acceptors (Lipinski definition) is 3. The molecule has 0 bridgehead atoms. The van der Waals surface area contributed by atoms with Crippen molar-refractivity contribution in [3.63, 3.8) is 0 Å². The molecule has 0 spiro atoms. The molecule has 0 aliphatic carbocycles. The lowest BCUT2D eigenvalue weighted by molar-refractivity contribution is 0.564. The van der Waals surface area contributed by atoms with E-state index >= 15 is 0 Å². The van der Waals surface area contributed by atoms with Crippen molar-refractivity contribution >= 4 is 9.84 Å². The summed E-state index contributed by atoms with van der Waals surface area (Å²) >= 11 is 0. The first-order valence-corrected chi connectivity index (χ1v) is 6.04. The molecule has 0 saturated heterocycles. The van der Waals surface area contributed by atoms with Crippen LogP contribution in [0.4, 0.5) is 0 Å². The highest BCUT2D eigenvalue weighted by molar-refractivity contribution is 7.90. The second-order valence-corrected chi connectivity index (χ2v) is 5.21. The summed E-state index contributed by atoms with van der Waals surface area (Å²) in [4.78, 5) is 0. The average molecular weight is 191 g/mol. The first-order valence-electron chi connectivity index (χ1n) is 3.97. The summed E-state index contributed by atoms with van der Waals surface area (Å²) in [5.41, 5.74) is 0. The van der Waals surface area contributed by atoms with Crippen molar-refractivity contribution in [1.29, 1.82) is 0 Å². The summed E-state index contributed by atoms with van der Waals surface area (Å²) < 4.78 is 21.6. The van der Waals surface area contributed by atoms with Crippen molar-refractivity contribution in [3.05, 3.63) is 12.7 Å². The molecule has 0 aromatic heterocycles. The third kappa shape index (κ3) is 7.75. The lowest BCUT2D eigenvalue weighted by Crippen LogP contribution is -2.33. The third-order valence-electron chi connectivity index (χ3n) is 1.39. The Kier molecular flexibility index (Phi) is 5.17. The van der Waals surface area contributed by atoms with Gasteiger partial charge in [-0.1, -0.05) is 6.08 Å². The largest absolute Gasteiger partial charge is 0.313 e. The van der Waals surface area contributed by atoms with Gasteiger partial charge in [0.25, 0.3) is 0 Å². The normalized spacial score (nSPS) is 14.2. The van der Waals surface area contributed by atoms with E-state index in [0.29, 0.717) is 0 Å². The van der Waals surface area contributed by atoms with Gasteiger partial charge in [0.1, 0.15) is 9.84 Å². The quantitative estimate of drug-likeness (QED) is 0.493. The molecule has 0 fully saturated rings. The fraction of sp³-hybridized carbons (Fsp3) is 0.750. The van der Waals surface area contributed by atoms with Gasteiger partial charge in [0.05, 0.1) is 5.75 Å². The third-order valence-corrected chi connectivity index (χ3v) is 2.50. The molecule has 0 aromatic rings. The van der Waals surface area contributed by atoms with Crippen LogP contribution in [0.25, 0.3) is 0 Å². The van der Waals surface area contributed by atoms with Crippen LogP contribution in [0.3, 0.4) is 0 Å². The summed E-state index contributed by atoms with van der Waals surface area (Å²) in [7, 11) is -2.85. The SMILES string of the molecule is C=CCCNC(C)CS(C)(=O)=O. The van der Waals surface area contributed by atoms with Crippen LogP contribution < -0.4 is 5.32 Å². The van der Waals surface area contributed by atoms with Crippen molar-refractivity contribution in [3.8, 4) is 0 Å². The highest BCUT2D eigenvalue weighted by Gasteiger charge is 2.08. The van der Waals surface area contributed by atoms with E-state index in [-0.39, 0.29) is 11.8 Å². The smallest absolute Gasteiger partial charge is 0.148 e. The lowest BCUT2D eigenvalue weighted by Gasteiger charge is -2.10. The second-order valence-electron chi connectivity index (χ2n) is 3.02. The molecule has 72 valence electrons. The van der Waals surface area contributed by atoms with Gasteiger partial charge in [-0.15, -0.1) is 6.58 Å². The van der Waals surface area contributed by atoms with Gasteiger partial charge < -0.3 is 5.32 Å². The highest BCUT2D eigenvalue weighted by Crippen LogP contribution is 1.90. The van der Waals surface area contributed by atoms with Gasteiger partial charge >= 0.3 is 0 Å². The zero-order valence-electron chi connectivity index (χ0n) is 7.71. The molecule has 0 rings (SSSR count). The molecule has 0 aromatic carbocycles. The Morgan fingerprint density at radius 3 is 2.58 bits per heavy atom.